The molecule has 0 saturated carbocycles. The maximum Gasteiger partial charge on any atom is 0.122 e. The van der Waals surface area contributed by atoms with Crippen LogP contribution in [0.15, 0.2) is 48.0 Å². The molecule has 2 unspecified atom stereocenters. The number of hydrogen-bond acceptors (Lipinski definition) is 1. The van der Waals surface area contributed by atoms with Crippen LogP contribution >= 0.6 is 0 Å². The number of hydrogen-bond donors (Lipinski definition) is 0. The van der Waals surface area contributed by atoms with Gasteiger partial charge in [-0.3, -0.25) is 0 Å². The van der Waals surface area contributed by atoms with Gasteiger partial charge in [0.25, 0.3) is 0 Å². The zero-order valence-electron chi connectivity index (χ0n) is 11.2. The molecule has 0 spiro atoms. The van der Waals surface area contributed by atoms with E-state index in [2.05, 4.69) is 33.6 Å². The quantitative estimate of drug-likeness (QED) is 0.690. The van der Waals surface area contributed by atoms with Gasteiger partial charge in [-0.25, -0.2) is 4.39 Å². The van der Waals surface area contributed by atoms with Crippen LogP contribution in [0.3, 0.4) is 0 Å². The highest BCUT2D eigenvalue weighted by molar-refractivity contribution is 5.37. The van der Waals surface area contributed by atoms with Gasteiger partial charge in [-0.2, -0.15) is 0 Å². The van der Waals surface area contributed by atoms with Gasteiger partial charge in [0, 0.05) is 18.1 Å². The van der Waals surface area contributed by atoms with Gasteiger partial charge < -0.3 is 4.90 Å². The molecule has 1 aliphatic heterocycles. The normalized spacial score (nSPS) is 20.3. The van der Waals surface area contributed by atoms with Crippen LogP contribution in [0, 0.1) is 5.92 Å². The minimum atomic E-state index is -0.940. The molecule has 0 N–H and O–H groups in total. The fraction of sp³-hybridized carbons (Fsp3) is 0.467. The average Bonchev–Trinajstić information content (AvgIpc) is 2.30. The topological polar surface area (TPSA) is 3.24 Å². The predicted octanol–water partition coefficient (Wildman–Crippen LogP) is 4.56. The summed E-state index contributed by atoms with van der Waals surface area (Å²) in [7, 11) is 0. The third-order valence-corrected chi connectivity index (χ3v) is 3.28. The summed E-state index contributed by atoms with van der Waals surface area (Å²) in [5.74, 6) is 0.557. The molecule has 0 aliphatic carbocycles. The Balaban J connectivity index is 2.79. The van der Waals surface area contributed by atoms with Crippen LogP contribution in [0.4, 0.5) is 4.39 Å². The van der Waals surface area contributed by atoms with E-state index in [1.165, 1.54) is 5.57 Å². The summed E-state index contributed by atoms with van der Waals surface area (Å²) in [6.45, 7) is 12.0. The van der Waals surface area contributed by atoms with Gasteiger partial charge in [0.05, 0.1) is 0 Å². The van der Waals surface area contributed by atoms with E-state index in [0.29, 0.717) is 11.5 Å². The van der Waals surface area contributed by atoms with E-state index in [1.54, 1.807) is 19.1 Å². The summed E-state index contributed by atoms with van der Waals surface area (Å²) in [5.41, 5.74) is 2.80. The van der Waals surface area contributed by atoms with Crippen molar-refractivity contribution >= 4 is 0 Å². The van der Waals surface area contributed by atoms with Gasteiger partial charge >= 0.3 is 0 Å². The van der Waals surface area contributed by atoms with Crippen LogP contribution in [0.2, 0.25) is 0 Å². The van der Waals surface area contributed by atoms with E-state index in [1.807, 2.05) is 11.1 Å². The van der Waals surface area contributed by atoms with E-state index in [-0.39, 0.29) is 0 Å². The zero-order chi connectivity index (χ0) is 13.0. The molecule has 0 amide bonds. The summed E-state index contributed by atoms with van der Waals surface area (Å²) in [6, 6.07) is 0. The van der Waals surface area contributed by atoms with Gasteiger partial charge in [0.2, 0.25) is 0 Å². The number of nitrogens with zero attached hydrogens (tertiary/aromatic N) is 1. The monoisotopic (exact) mass is 235 g/mol. The number of allylic oxidation sites excluding steroid dienone is 4. The first-order valence-electron chi connectivity index (χ1n) is 6.15. The fourth-order valence-corrected chi connectivity index (χ4v) is 1.62. The van der Waals surface area contributed by atoms with Crippen LogP contribution in [0.1, 0.15) is 34.1 Å². The lowest BCUT2D eigenvalue weighted by molar-refractivity contribution is 0.414. The molecule has 1 rings (SSSR count). The first-order valence-corrected chi connectivity index (χ1v) is 6.15. The third kappa shape index (κ3) is 3.58. The van der Waals surface area contributed by atoms with Crippen LogP contribution < -0.4 is 0 Å². The molecule has 94 valence electrons. The molecule has 0 aromatic rings. The molecule has 2 heteroatoms. The van der Waals surface area contributed by atoms with Crippen LogP contribution in [-0.2, 0) is 0 Å². The molecule has 17 heavy (non-hydrogen) atoms. The Hall–Kier alpha value is -1.31. The van der Waals surface area contributed by atoms with Gasteiger partial charge in [0.1, 0.15) is 6.17 Å². The standard InChI is InChI=1S/C15H22FN/c1-6-11(2)12(3)10-17-8-7-15(14(5)16)9-13(17)4/h7-11,14H,4,6H2,1-3,5H3/b12-10+. The SMILES string of the molecule is C=C1C=C(C(C)F)C=CN1/C=C(\C)C(C)CC. The van der Waals surface area contributed by atoms with Crippen molar-refractivity contribution in [3.05, 3.63) is 48.0 Å². The van der Waals surface area contributed by atoms with Crippen molar-refractivity contribution in [2.75, 3.05) is 0 Å². The highest BCUT2D eigenvalue weighted by Crippen LogP contribution is 2.22. The van der Waals surface area contributed by atoms with Crippen molar-refractivity contribution in [3.8, 4) is 0 Å². The lowest BCUT2D eigenvalue weighted by atomic mass is 10.0. The van der Waals surface area contributed by atoms with Gasteiger partial charge in [-0.1, -0.05) is 26.0 Å². The Kier molecular flexibility index (Phi) is 4.73. The Labute approximate surface area is 104 Å². The highest BCUT2D eigenvalue weighted by atomic mass is 19.1. The second-order valence-corrected chi connectivity index (χ2v) is 4.66. The van der Waals surface area contributed by atoms with Crippen molar-refractivity contribution in [3.63, 3.8) is 0 Å². The van der Waals surface area contributed by atoms with Crippen molar-refractivity contribution < 1.29 is 4.39 Å². The van der Waals surface area contributed by atoms with Crippen molar-refractivity contribution in [2.24, 2.45) is 5.92 Å². The molecule has 0 aromatic heterocycles. The minimum absolute atomic E-state index is 0.557. The van der Waals surface area contributed by atoms with Crippen LogP contribution in [-0.4, -0.2) is 11.1 Å². The summed E-state index contributed by atoms with van der Waals surface area (Å²) in [5, 5.41) is 0. The zero-order valence-corrected chi connectivity index (χ0v) is 11.2. The molecule has 0 aromatic carbocycles. The Bertz CT molecular complexity index is 374. The van der Waals surface area contributed by atoms with Gasteiger partial charge in [-0.05, 0) is 43.9 Å². The van der Waals surface area contributed by atoms with Crippen molar-refractivity contribution in [2.45, 2.75) is 40.3 Å². The summed E-state index contributed by atoms with van der Waals surface area (Å²) < 4.78 is 13.1. The van der Waals surface area contributed by atoms with E-state index in [0.717, 1.165) is 12.1 Å². The van der Waals surface area contributed by atoms with E-state index in [4.69, 9.17) is 0 Å². The fourth-order valence-electron chi connectivity index (χ4n) is 1.62. The second kappa shape index (κ2) is 5.85. The largest absolute Gasteiger partial charge is 0.325 e. The molecule has 2 atom stereocenters. The van der Waals surface area contributed by atoms with Crippen LogP contribution in [0.25, 0.3) is 0 Å². The molecule has 0 fully saturated rings. The second-order valence-electron chi connectivity index (χ2n) is 4.66. The molecule has 0 bridgehead atoms. The van der Waals surface area contributed by atoms with Crippen LogP contribution in [0.5, 0.6) is 0 Å². The number of halogens is 1. The molecule has 0 radical (unpaired) electrons. The van der Waals surface area contributed by atoms with E-state index >= 15 is 0 Å². The Morgan fingerprint density at radius 2 is 2.18 bits per heavy atom. The van der Waals surface area contributed by atoms with E-state index in [9.17, 15) is 4.39 Å². The number of alkyl halides is 1. The Morgan fingerprint density at radius 1 is 1.53 bits per heavy atom. The summed E-state index contributed by atoms with van der Waals surface area (Å²) in [4.78, 5) is 1.95. The smallest absolute Gasteiger partial charge is 0.122 e. The molecule has 1 nitrogen and oxygen atoms in total. The Morgan fingerprint density at radius 3 is 2.65 bits per heavy atom. The summed E-state index contributed by atoms with van der Waals surface area (Å²) in [6.07, 6.45) is 7.73. The maximum atomic E-state index is 13.1. The number of rotatable bonds is 4. The van der Waals surface area contributed by atoms with Crippen molar-refractivity contribution in [1.82, 2.24) is 4.90 Å². The molecular formula is C15H22FN. The van der Waals surface area contributed by atoms with E-state index < -0.39 is 6.17 Å². The molecule has 1 aliphatic rings. The molecule has 1 heterocycles. The lowest BCUT2D eigenvalue weighted by Crippen LogP contribution is -2.14. The average molecular weight is 235 g/mol. The molecular weight excluding hydrogens is 213 g/mol. The minimum Gasteiger partial charge on any atom is -0.325 e. The highest BCUT2D eigenvalue weighted by Gasteiger charge is 2.12. The van der Waals surface area contributed by atoms with Gasteiger partial charge in [0.15, 0.2) is 0 Å². The third-order valence-electron chi connectivity index (χ3n) is 3.28. The maximum absolute atomic E-state index is 13.1. The van der Waals surface area contributed by atoms with Crippen molar-refractivity contribution in [1.29, 1.82) is 0 Å². The van der Waals surface area contributed by atoms with Gasteiger partial charge in [-0.15, -0.1) is 0 Å². The molecule has 0 saturated heterocycles. The lowest BCUT2D eigenvalue weighted by Gasteiger charge is -2.23. The predicted molar refractivity (Wildman–Crippen MR) is 72.0 cm³/mol. The first kappa shape index (κ1) is 13.8. The first-order chi connectivity index (χ1) is 7.95. The summed E-state index contributed by atoms with van der Waals surface area (Å²) >= 11 is 0.